The van der Waals surface area contributed by atoms with E-state index in [1.54, 1.807) is 24.4 Å². The third-order valence-electron chi connectivity index (χ3n) is 3.50. The molecule has 0 atom stereocenters. The van der Waals surface area contributed by atoms with E-state index in [2.05, 4.69) is 17.5 Å². The number of carbonyl (C=O) groups is 1. The van der Waals surface area contributed by atoms with Crippen LogP contribution in [0.15, 0.2) is 47.6 Å². The average Bonchev–Trinajstić information content (AvgIpc) is 3.08. The molecule has 0 saturated carbocycles. The lowest BCUT2D eigenvalue weighted by atomic mass is 10.1. The van der Waals surface area contributed by atoms with Gasteiger partial charge in [-0.25, -0.2) is 5.43 Å². The molecule has 6 heteroatoms. The van der Waals surface area contributed by atoms with Gasteiger partial charge in [0, 0.05) is 6.07 Å². The quantitative estimate of drug-likeness (QED) is 0.654. The van der Waals surface area contributed by atoms with Crippen LogP contribution in [0.2, 0.25) is 0 Å². The third kappa shape index (κ3) is 4.04. The largest absolute Gasteiger partial charge is 0.484 e. The van der Waals surface area contributed by atoms with Gasteiger partial charge < -0.3 is 14.2 Å². The standard InChI is InChI=1S/C18H18N2O4/c1-2-13-3-5-14(6-4-13)10-19-20-18(21)11-22-15-7-8-16-17(9-15)24-12-23-16/h3-10H,2,11-12H2,1H3,(H,20,21)/b19-10+. The molecule has 0 saturated heterocycles. The Morgan fingerprint density at radius 3 is 2.79 bits per heavy atom. The van der Waals surface area contributed by atoms with Crippen LogP contribution in [0.1, 0.15) is 18.1 Å². The van der Waals surface area contributed by atoms with Gasteiger partial charge in [0.05, 0.1) is 6.21 Å². The van der Waals surface area contributed by atoms with Crippen LogP contribution in [0.3, 0.4) is 0 Å². The van der Waals surface area contributed by atoms with Gasteiger partial charge in [-0.3, -0.25) is 4.79 Å². The zero-order chi connectivity index (χ0) is 16.8. The van der Waals surface area contributed by atoms with Crippen LogP contribution in [0.4, 0.5) is 0 Å². The average molecular weight is 326 g/mol. The maximum Gasteiger partial charge on any atom is 0.277 e. The number of fused-ring (bicyclic) bond motifs is 1. The van der Waals surface area contributed by atoms with Crippen molar-refractivity contribution in [3.63, 3.8) is 0 Å². The van der Waals surface area contributed by atoms with E-state index in [0.717, 1.165) is 12.0 Å². The number of rotatable bonds is 6. The minimum absolute atomic E-state index is 0.133. The van der Waals surface area contributed by atoms with Crippen LogP contribution in [0.25, 0.3) is 0 Å². The monoisotopic (exact) mass is 326 g/mol. The highest BCUT2D eigenvalue weighted by Crippen LogP contribution is 2.34. The number of hydrazone groups is 1. The first-order chi connectivity index (χ1) is 11.7. The Morgan fingerprint density at radius 2 is 2.00 bits per heavy atom. The van der Waals surface area contributed by atoms with Gasteiger partial charge in [0.15, 0.2) is 18.1 Å². The number of hydrogen-bond acceptors (Lipinski definition) is 5. The number of ether oxygens (including phenoxy) is 3. The fraction of sp³-hybridized carbons (Fsp3) is 0.222. The molecule has 3 rings (SSSR count). The Hall–Kier alpha value is -3.02. The first kappa shape index (κ1) is 15.9. The topological polar surface area (TPSA) is 69.2 Å². The predicted octanol–water partition coefficient (Wildman–Crippen LogP) is 2.51. The van der Waals surface area contributed by atoms with E-state index >= 15 is 0 Å². The van der Waals surface area contributed by atoms with Crippen molar-refractivity contribution >= 4 is 12.1 Å². The van der Waals surface area contributed by atoms with Gasteiger partial charge in [0.25, 0.3) is 5.91 Å². The van der Waals surface area contributed by atoms with Crippen molar-refractivity contribution in [2.24, 2.45) is 5.10 Å². The molecule has 0 aromatic heterocycles. The van der Waals surface area contributed by atoms with Crippen LogP contribution in [0, 0.1) is 0 Å². The fourth-order valence-electron chi connectivity index (χ4n) is 2.17. The maximum atomic E-state index is 11.7. The smallest absolute Gasteiger partial charge is 0.277 e. The number of nitrogens with zero attached hydrogens (tertiary/aromatic N) is 1. The van der Waals surface area contributed by atoms with Gasteiger partial charge in [-0.1, -0.05) is 31.2 Å². The molecule has 0 bridgehead atoms. The van der Waals surface area contributed by atoms with Crippen LogP contribution in [0.5, 0.6) is 17.2 Å². The second kappa shape index (κ2) is 7.50. The molecule has 0 spiro atoms. The molecular formula is C18H18N2O4. The summed E-state index contributed by atoms with van der Waals surface area (Å²) in [6.45, 7) is 2.17. The van der Waals surface area contributed by atoms with E-state index in [1.807, 2.05) is 24.3 Å². The van der Waals surface area contributed by atoms with Gasteiger partial charge in [-0.05, 0) is 29.7 Å². The lowest BCUT2D eigenvalue weighted by Crippen LogP contribution is -2.24. The van der Waals surface area contributed by atoms with Gasteiger partial charge in [-0.2, -0.15) is 5.10 Å². The first-order valence-electron chi connectivity index (χ1n) is 7.68. The molecule has 2 aromatic rings. The van der Waals surface area contributed by atoms with Gasteiger partial charge in [0.2, 0.25) is 6.79 Å². The van der Waals surface area contributed by atoms with Crippen molar-refractivity contribution in [2.75, 3.05) is 13.4 Å². The van der Waals surface area contributed by atoms with Crippen molar-refractivity contribution in [3.05, 3.63) is 53.6 Å². The van der Waals surface area contributed by atoms with E-state index in [4.69, 9.17) is 14.2 Å². The number of amides is 1. The second-order valence-corrected chi connectivity index (χ2v) is 5.19. The summed E-state index contributed by atoms with van der Waals surface area (Å²) in [6, 6.07) is 13.1. The molecule has 124 valence electrons. The molecule has 0 unspecified atom stereocenters. The summed E-state index contributed by atoms with van der Waals surface area (Å²) in [7, 11) is 0. The molecule has 1 amide bonds. The molecule has 1 heterocycles. The highest BCUT2D eigenvalue weighted by atomic mass is 16.7. The van der Waals surface area contributed by atoms with Gasteiger partial charge >= 0.3 is 0 Å². The zero-order valence-electron chi connectivity index (χ0n) is 13.3. The minimum Gasteiger partial charge on any atom is -0.484 e. The SMILES string of the molecule is CCc1ccc(/C=N/NC(=O)COc2ccc3c(c2)OCO3)cc1. The Labute approximate surface area is 140 Å². The van der Waals surface area contributed by atoms with E-state index in [1.165, 1.54) is 5.56 Å². The van der Waals surface area contributed by atoms with Crippen LogP contribution < -0.4 is 19.6 Å². The Kier molecular flexibility index (Phi) is 4.96. The number of carbonyl (C=O) groups excluding carboxylic acids is 1. The van der Waals surface area contributed by atoms with E-state index < -0.39 is 0 Å². The van der Waals surface area contributed by atoms with E-state index in [-0.39, 0.29) is 19.3 Å². The summed E-state index contributed by atoms with van der Waals surface area (Å²) in [5.74, 6) is 1.48. The fourth-order valence-corrected chi connectivity index (χ4v) is 2.17. The molecule has 2 aromatic carbocycles. The maximum absolute atomic E-state index is 11.7. The third-order valence-corrected chi connectivity index (χ3v) is 3.50. The Bertz CT molecular complexity index is 741. The molecule has 1 aliphatic rings. The predicted molar refractivity (Wildman–Crippen MR) is 89.6 cm³/mol. The normalized spacial score (nSPS) is 12.4. The van der Waals surface area contributed by atoms with Crippen LogP contribution in [-0.2, 0) is 11.2 Å². The summed E-state index contributed by atoms with van der Waals surface area (Å²) in [6.07, 6.45) is 2.59. The van der Waals surface area contributed by atoms with Crippen molar-refractivity contribution in [3.8, 4) is 17.2 Å². The summed E-state index contributed by atoms with van der Waals surface area (Å²) in [5.41, 5.74) is 4.61. The number of benzene rings is 2. The molecule has 0 aliphatic carbocycles. The lowest BCUT2D eigenvalue weighted by Gasteiger charge is -2.05. The molecule has 0 radical (unpaired) electrons. The molecular weight excluding hydrogens is 308 g/mol. The molecule has 24 heavy (non-hydrogen) atoms. The first-order valence-corrected chi connectivity index (χ1v) is 7.68. The zero-order valence-corrected chi connectivity index (χ0v) is 13.3. The van der Waals surface area contributed by atoms with Crippen LogP contribution in [-0.4, -0.2) is 25.5 Å². The number of hydrogen-bond donors (Lipinski definition) is 1. The Morgan fingerprint density at radius 1 is 1.21 bits per heavy atom. The van der Waals surface area contributed by atoms with Crippen molar-refractivity contribution < 1.29 is 19.0 Å². The summed E-state index contributed by atoms with van der Waals surface area (Å²) in [4.78, 5) is 11.7. The molecule has 1 aliphatic heterocycles. The van der Waals surface area contributed by atoms with E-state index in [9.17, 15) is 4.79 Å². The number of nitrogens with one attached hydrogen (secondary N) is 1. The van der Waals surface area contributed by atoms with Crippen molar-refractivity contribution in [2.45, 2.75) is 13.3 Å². The van der Waals surface area contributed by atoms with Gasteiger partial charge in [0.1, 0.15) is 5.75 Å². The Balaban J connectivity index is 1.46. The highest BCUT2D eigenvalue weighted by Gasteiger charge is 2.14. The molecule has 6 nitrogen and oxygen atoms in total. The lowest BCUT2D eigenvalue weighted by molar-refractivity contribution is -0.123. The van der Waals surface area contributed by atoms with Crippen molar-refractivity contribution in [1.82, 2.24) is 5.43 Å². The molecule has 1 N–H and O–H groups in total. The second-order valence-electron chi connectivity index (χ2n) is 5.19. The highest BCUT2D eigenvalue weighted by molar-refractivity contribution is 5.82. The van der Waals surface area contributed by atoms with Crippen molar-refractivity contribution in [1.29, 1.82) is 0 Å². The number of aryl methyl sites for hydroxylation is 1. The summed E-state index contributed by atoms with van der Waals surface area (Å²) >= 11 is 0. The summed E-state index contributed by atoms with van der Waals surface area (Å²) < 4.78 is 15.9. The molecule has 0 fully saturated rings. The van der Waals surface area contributed by atoms with E-state index in [0.29, 0.717) is 17.2 Å². The van der Waals surface area contributed by atoms with Crippen LogP contribution >= 0.6 is 0 Å². The minimum atomic E-state index is -0.339. The summed E-state index contributed by atoms with van der Waals surface area (Å²) in [5, 5.41) is 3.92. The van der Waals surface area contributed by atoms with Gasteiger partial charge in [-0.15, -0.1) is 0 Å².